The number of phenols is 1. The normalized spacial score (nSPS) is 9.80. The van der Waals surface area contributed by atoms with Gasteiger partial charge < -0.3 is 16.2 Å². The van der Waals surface area contributed by atoms with Crippen LogP contribution < -0.4 is 11.1 Å². The third kappa shape index (κ3) is 2.82. The van der Waals surface area contributed by atoms with Crippen molar-refractivity contribution in [1.29, 1.82) is 5.26 Å². The Hall–Kier alpha value is -2.71. The average Bonchev–Trinajstić information content (AvgIpc) is 2.43. The number of hydrogen-bond acceptors (Lipinski definition) is 4. The molecule has 0 fully saturated rings. The third-order valence-corrected chi connectivity index (χ3v) is 2.95. The van der Waals surface area contributed by atoms with Crippen molar-refractivity contribution >= 4 is 28.9 Å². The minimum absolute atomic E-state index is 0.0626. The van der Waals surface area contributed by atoms with Crippen molar-refractivity contribution < 1.29 is 9.90 Å². The van der Waals surface area contributed by atoms with E-state index in [9.17, 15) is 9.90 Å². The summed E-state index contributed by atoms with van der Waals surface area (Å²) < 4.78 is 0. The molecule has 0 aromatic heterocycles. The van der Waals surface area contributed by atoms with Crippen molar-refractivity contribution in [3.8, 4) is 11.8 Å². The predicted molar refractivity (Wildman–Crippen MR) is 76.6 cm³/mol. The van der Waals surface area contributed by atoms with E-state index in [0.29, 0.717) is 11.3 Å². The van der Waals surface area contributed by atoms with Gasteiger partial charge in [-0.1, -0.05) is 11.6 Å². The second kappa shape index (κ2) is 5.51. The van der Waals surface area contributed by atoms with E-state index < -0.39 is 5.91 Å². The van der Waals surface area contributed by atoms with E-state index in [4.69, 9.17) is 22.6 Å². The highest BCUT2D eigenvalue weighted by Gasteiger charge is 2.13. The van der Waals surface area contributed by atoms with Gasteiger partial charge in [0.25, 0.3) is 5.91 Å². The molecular formula is C14H10ClN3O2. The van der Waals surface area contributed by atoms with E-state index in [1.165, 1.54) is 36.4 Å². The molecule has 0 bridgehead atoms. The fourth-order valence-electron chi connectivity index (χ4n) is 1.62. The minimum atomic E-state index is -0.498. The van der Waals surface area contributed by atoms with Crippen molar-refractivity contribution in [1.82, 2.24) is 0 Å². The molecule has 0 saturated carbocycles. The number of benzene rings is 2. The Bertz CT molecular complexity index is 723. The molecule has 0 spiro atoms. The smallest absolute Gasteiger partial charge is 0.257 e. The number of hydrogen-bond donors (Lipinski definition) is 3. The van der Waals surface area contributed by atoms with Crippen LogP contribution in [0.5, 0.6) is 5.75 Å². The van der Waals surface area contributed by atoms with Crippen LogP contribution in [-0.4, -0.2) is 11.0 Å². The number of nitrogens with zero attached hydrogens (tertiary/aromatic N) is 1. The van der Waals surface area contributed by atoms with Crippen LogP contribution in [-0.2, 0) is 0 Å². The molecule has 0 heterocycles. The van der Waals surface area contributed by atoms with Gasteiger partial charge in [0.2, 0.25) is 0 Å². The molecule has 4 N–H and O–H groups in total. The standard InChI is InChI=1S/C14H10ClN3O2/c15-11-3-2-9(19)6-10(11)14(20)18-13-4-1-8(7-16)5-12(13)17/h1-6,19H,17H2,(H,18,20). The van der Waals surface area contributed by atoms with E-state index in [-0.39, 0.29) is 22.0 Å². The zero-order valence-corrected chi connectivity index (χ0v) is 11.0. The van der Waals surface area contributed by atoms with Gasteiger partial charge in [0.1, 0.15) is 5.75 Å². The summed E-state index contributed by atoms with van der Waals surface area (Å²) >= 11 is 5.90. The highest BCUT2D eigenvalue weighted by molar-refractivity contribution is 6.34. The highest BCUT2D eigenvalue weighted by Crippen LogP contribution is 2.24. The van der Waals surface area contributed by atoms with Gasteiger partial charge in [-0.15, -0.1) is 0 Å². The van der Waals surface area contributed by atoms with Gasteiger partial charge in [-0.2, -0.15) is 5.26 Å². The lowest BCUT2D eigenvalue weighted by atomic mass is 10.1. The monoisotopic (exact) mass is 287 g/mol. The van der Waals surface area contributed by atoms with Crippen molar-refractivity contribution in [2.75, 3.05) is 11.1 Å². The summed E-state index contributed by atoms with van der Waals surface area (Å²) in [4.78, 5) is 12.1. The van der Waals surface area contributed by atoms with E-state index >= 15 is 0 Å². The summed E-state index contributed by atoms with van der Waals surface area (Å²) in [5, 5.41) is 20.9. The van der Waals surface area contributed by atoms with Gasteiger partial charge in [0.05, 0.1) is 33.6 Å². The first-order chi connectivity index (χ1) is 9.51. The van der Waals surface area contributed by atoms with Gasteiger partial charge in [0.15, 0.2) is 0 Å². The fourth-order valence-corrected chi connectivity index (χ4v) is 1.83. The van der Waals surface area contributed by atoms with Crippen LogP contribution in [0.25, 0.3) is 0 Å². The summed E-state index contributed by atoms with van der Waals surface area (Å²) in [6, 6.07) is 10.5. The summed E-state index contributed by atoms with van der Waals surface area (Å²) in [7, 11) is 0. The molecule has 0 aliphatic heterocycles. The van der Waals surface area contributed by atoms with Crippen LogP contribution >= 0.6 is 11.6 Å². The molecule has 0 radical (unpaired) electrons. The van der Waals surface area contributed by atoms with Crippen LogP contribution in [0.2, 0.25) is 5.02 Å². The highest BCUT2D eigenvalue weighted by atomic mass is 35.5. The Kier molecular flexibility index (Phi) is 3.78. The SMILES string of the molecule is N#Cc1ccc(NC(=O)c2cc(O)ccc2Cl)c(N)c1. The van der Waals surface area contributed by atoms with Crippen molar-refractivity contribution in [2.24, 2.45) is 0 Å². The Morgan fingerprint density at radius 3 is 2.70 bits per heavy atom. The second-order valence-corrected chi connectivity index (χ2v) is 4.44. The van der Waals surface area contributed by atoms with Crippen LogP contribution in [0.1, 0.15) is 15.9 Å². The van der Waals surface area contributed by atoms with Crippen LogP contribution in [0.4, 0.5) is 11.4 Å². The first-order valence-electron chi connectivity index (χ1n) is 5.61. The molecule has 0 aliphatic carbocycles. The number of carbonyl (C=O) groups excluding carboxylic acids is 1. The summed E-state index contributed by atoms with van der Waals surface area (Å²) in [5.41, 5.74) is 6.92. The number of carbonyl (C=O) groups is 1. The third-order valence-electron chi connectivity index (χ3n) is 2.62. The number of nitriles is 1. The number of aromatic hydroxyl groups is 1. The lowest BCUT2D eigenvalue weighted by molar-refractivity contribution is 0.102. The first-order valence-corrected chi connectivity index (χ1v) is 5.98. The average molecular weight is 288 g/mol. The number of halogens is 1. The lowest BCUT2D eigenvalue weighted by Crippen LogP contribution is -2.13. The molecule has 2 rings (SSSR count). The van der Waals surface area contributed by atoms with Crippen LogP contribution in [0.15, 0.2) is 36.4 Å². The van der Waals surface area contributed by atoms with E-state index in [0.717, 1.165) is 0 Å². The number of nitrogens with one attached hydrogen (secondary N) is 1. The Balaban J connectivity index is 2.28. The van der Waals surface area contributed by atoms with E-state index in [2.05, 4.69) is 5.32 Å². The zero-order chi connectivity index (χ0) is 14.7. The number of phenolic OH excluding ortho intramolecular Hbond substituents is 1. The van der Waals surface area contributed by atoms with Gasteiger partial charge in [-0.25, -0.2) is 0 Å². The number of amides is 1. The number of anilines is 2. The Morgan fingerprint density at radius 2 is 2.05 bits per heavy atom. The quantitative estimate of drug-likeness (QED) is 0.739. The molecule has 2 aromatic rings. The zero-order valence-electron chi connectivity index (χ0n) is 10.2. The Morgan fingerprint density at radius 1 is 1.30 bits per heavy atom. The maximum absolute atomic E-state index is 12.1. The fraction of sp³-hybridized carbons (Fsp3) is 0. The van der Waals surface area contributed by atoms with Gasteiger partial charge in [-0.3, -0.25) is 4.79 Å². The lowest BCUT2D eigenvalue weighted by Gasteiger charge is -2.09. The predicted octanol–water partition coefficient (Wildman–Crippen LogP) is 2.75. The molecule has 20 heavy (non-hydrogen) atoms. The molecule has 0 saturated heterocycles. The number of nitrogen functional groups attached to an aromatic ring is 1. The minimum Gasteiger partial charge on any atom is -0.508 e. The maximum Gasteiger partial charge on any atom is 0.257 e. The van der Waals surface area contributed by atoms with Crippen molar-refractivity contribution in [2.45, 2.75) is 0 Å². The van der Waals surface area contributed by atoms with Gasteiger partial charge in [-0.05, 0) is 36.4 Å². The molecule has 0 aliphatic rings. The molecule has 5 nitrogen and oxygen atoms in total. The summed E-state index contributed by atoms with van der Waals surface area (Å²) in [5.74, 6) is -0.561. The molecule has 0 atom stereocenters. The molecule has 6 heteroatoms. The van der Waals surface area contributed by atoms with Crippen LogP contribution in [0, 0.1) is 11.3 Å². The maximum atomic E-state index is 12.1. The van der Waals surface area contributed by atoms with E-state index in [1.54, 1.807) is 0 Å². The molecule has 100 valence electrons. The molecular weight excluding hydrogens is 278 g/mol. The topological polar surface area (TPSA) is 99.1 Å². The van der Waals surface area contributed by atoms with Crippen LogP contribution in [0.3, 0.4) is 0 Å². The largest absolute Gasteiger partial charge is 0.508 e. The number of nitrogens with two attached hydrogens (primary N) is 1. The second-order valence-electron chi connectivity index (χ2n) is 4.03. The van der Waals surface area contributed by atoms with Crippen molar-refractivity contribution in [3.63, 3.8) is 0 Å². The first kappa shape index (κ1) is 13.7. The number of rotatable bonds is 2. The van der Waals surface area contributed by atoms with Crippen molar-refractivity contribution in [3.05, 3.63) is 52.5 Å². The summed E-state index contributed by atoms with van der Waals surface area (Å²) in [6.45, 7) is 0. The summed E-state index contributed by atoms with van der Waals surface area (Å²) in [6.07, 6.45) is 0. The van der Waals surface area contributed by atoms with Gasteiger partial charge >= 0.3 is 0 Å². The Labute approximate surface area is 120 Å². The molecule has 0 unspecified atom stereocenters. The van der Waals surface area contributed by atoms with Gasteiger partial charge in [0, 0.05) is 0 Å². The molecule has 1 amide bonds. The van der Waals surface area contributed by atoms with E-state index in [1.807, 2.05) is 6.07 Å². The molecule has 2 aromatic carbocycles.